The molecular weight excluding hydrogens is 361 g/mol. The van der Waals surface area contributed by atoms with Gasteiger partial charge in [-0.05, 0) is 37.1 Å². The van der Waals surface area contributed by atoms with Gasteiger partial charge in [-0.2, -0.15) is 0 Å². The Morgan fingerprint density at radius 2 is 1.96 bits per heavy atom. The smallest absolute Gasteiger partial charge is 0.251 e. The Hall–Kier alpha value is -2.74. The van der Waals surface area contributed by atoms with Crippen molar-refractivity contribution in [3.63, 3.8) is 0 Å². The van der Waals surface area contributed by atoms with Crippen LogP contribution in [0.4, 0.5) is 4.39 Å². The molecule has 28 heavy (non-hydrogen) atoms. The zero-order chi connectivity index (χ0) is 19.6. The Bertz CT molecular complexity index is 856. The standard InChI is InChI=1S/C20H24FN5O2/c21-15-3-1-14(2-4-15)19(28)22-9-6-17(27)26-11-7-20(8-12-26)18-16(5-10-25-20)23-13-24-18/h1-4,13,25H,5-12H2,(H,22,28)(H,23,24). The molecule has 148 valence electrons. The first-order valence-corrected chi connectivity index (χ1v) is 9.67. The number of halogens is 1. The van der Waals surface area contributed by atoms with Crippen LogP contribution in [0, 0.1) is 5.82 Å². The lowest BCUT2D eigenvalue weighted by Gasteiger charge is -2.44. The zero-order valence-electron chi connectivity index (χ0n) is 15.6. The van der Waals surface area contributed by atoms with Gasteiger partial charge >= 0.3 is 0 Å². The van der Waals surface area contributed by atoms with Crippen molar-refractivity contribution < 1.29 is 14.0 Å². The summed E-state index contributed by atoms with van der Waals surface area (Å²) >= 11 is 0. The fourth-order valence-corrected chi connectivity index (χ4v) is 4.13. The zero-order valence-corrected chi connectivity index (χ0v) is 15.6. The van der Waals surface area contributed by atoms with Crippen LogP contribution in [-0.2, 0) is 16.8 Å². The third kappa shape index (κ3) is 3.64. The molecule has 1 aromatic carbocycles. The second kappa shape index (κ2) is 7.71. The van der Waals surface area contributed by atoms with Crippen molar-refractivity contribution in [1.29, 1.82) is 0 Å². The average molecular weight is 385 g/mol. The fraction of sp³-hybridized carbons (Fsp3) is 0.450. The van der Waals surface area contributed by atoms with Gasteiger partial charge in [0.2, 0.25) is 5.91 Å². The molecule has 7 nitrogen and oxygen atoms in total. The van der Waals surface area contributed by atoms with Crippen LogP contribution in [0.2, 0.25) is 0 Å². The summed E-state index contributed by atoms with van der Waals surface area (Å²) < 4.78 is 12.9. The molecule has 3 heterocycles. The molecule has 4 rings (SSSR count). The van der Waals surface area contributed by atoms with Gasteiger partial charge in [0.25, 0.3) is 5.91 Å². The fourth-order valence-electron chi connectivity index (χ4n) is 4.13. The highest BCUT2D eigenvalue weighted by Gasteiger charge is 2.41. The minimum absolute atomic E-state index is 0.0346. The van der Waals surface area contributed by atoms with E-state index in [1.807, 2.05) is 4.90 Å². The van der Waals surface area contributed by atoms with E-state index in [1.165, 1.54) is 30.0 Å². The number of carbonyl (C=O) groups excluding carboxylic acids is 2. The number of nitrogens with zero attached hydrogens (tertiary/aromatic N) is 2. The highest BCUT2D eigenvalue weighted by atomic mass is 19.1. The van der Waals surface area contributed by atoms with Gasteiger partial charge in [-0.3, -0.25) is 9.59 Å². The first-order valence-electron chi connectivity index (χ1n) is 9.67. The van der Waals surface area contributed by atoms with Crippen LogP contribution < -0.4 is 10.6 Å². The Balaban J connectivity index is 1.26. The number of aromatic nitrogens is 2. The minimum atomic E-state index is -0.385. The van der Waals surface area contributed by atoms with E-state index in [2.05, 4.69) is 20.6 Å². The van der Waals surface area contributed by atoms with E-state index in [0.717, 1.165) is 31.5 Å². The van der Waals surface area contributed by atoms with Gasteiger partial charge in [-0.25, -0.2) is 9.37 Å². The topological polar surface area (TPSA) is 90.1 Å². The maximum absolute atomic E-state index is 12.9. The highest BCUT2D eigenvalue weighted by Crippen LogP contribution is 2.35. The average Bonchev–Trinajstić information content (AvgIpc) is 3.19. The second-order valence-electron chi connectivity index (χ2n) is 7.38. The van der Waals surface area contributed by atoms with Gasteiger partial charge in [0.1, 0.15) is 5.82 Å². The number of nitrogens with one attached hydrogen (secondary N) is 3. The summed E-state index contributed by atoms with van der Waals surface area (Å²) in [6.07, 6.45) is 4.62. The number of aromatic amines is 1. The van der Waals surface area contributed by atoms with E-state index in [1.54, 1.807) is 6.33 Å². The Morgan fingerprint density at radius 3 is 2.71 bits per heavy atom. The van der Waals surface area contributed by atoms with E-state index < -0.39 is 0 Å². The normalized spacial score (nSPS) is 18.0. The van der Waals surface area contributed by atoms with E-state index in [0.29, 0.717) is 18.7 Å². The second-order valence-corrected chi connectivity index (χ2v) is 7.38. The summed E-state index contributed by atoms with van der Waals surface area (Å²) in [5.41, 5.74) is 2.53. The molecule has 3 N–H and O–H groups in total. The molecule has 2 aliphatic rings. The number of carbonyl (C=O) groups is 2. The summed E-state index contributed by atoms with van der Waals surface area (Å²) in [5, 5.41) is 6.33. The Morgan fingerprint density at radius 1 is 1.21 bits per heavy atom. The molecule has 2 amide bonds. The largest absolute Gasteiger partial charge is 0.352 e. The number of fused-ring (bicyclic) bond motifs is 2. The molecule has 1 saturated heterocycles. The number of imidazole rings is 1. The summed E-state index contributed by atoms with van der Waals surface area (Å²) in [5.74, 6) is -0.654. The van der Waals surface area contributed by atoms with Crippen molar-refractivity contribution in [2.24, 2.45) is 0 Å². The van der Waals surface area contributed by atoms with Crippen LogP contribution in [0.3, 0.4) is 0 Å². The Kier molecular flexibility index (Phi) is 5.13. The number of H-pyrrole nitrogens is 1. The van der Waals surface area contributed by atoms with Crippen molar-refractivity contribution in [3.8, 4) is 0 Å². The van der Waals surface area contributed by atoms with E-state index in [-0.39, 0.29) is 36.1 Å². The first-order chi connectivity index (χ1) is 13.6. The summed E-state index contributed by atoms with van der Waals surface area (Å²) in [6.45, 7) is 2.52. The molecule has 0 atom stereocenters. The predicted molar refractivity (Wildman–Crippen MR) is 101 cm³/mol. The molecule has 0 radical (unpaired) electrons. The van der Waals surface area contributed by atoms with Gasteiger partial charge in [-0.15, -0.1) is 0 Å². The van der Waals surface area contributed by atoms with Gasteiger partial charge in [0, 0.05) is 50.3 Å². The van der Waals surface area contributed by atoms with Crippen LogP contribution in [-0.4, -0.2) is 52.9 Å². The molecule has 1 fully saturated rings. The summed E-state index contributed by atoms with van der Waals surface area (Å²) in [4.78, 5) is 34.1. The number of hydrogen-bond donors (Lipinski definition) is 3. The molecule has 2 aromatic rings. The Labute approximate surface area is 162 Å². The molecule has 0 unspecified atom stereocenters. The van der Waals surface area contributed by atoms with Crippen molar-refractivity contribution in [3.05, 3.63) is 53.4 Å². The lowest BCUT2D eigenvalue weighted by atomic mass is 9.80. The van der Waals surface area contributed by atoms with Gasteiger partial charge in [-0.1, -0.05) is 0 Å². The van der Waals surface area contributed by atoms with E-state index >= 15 is 0 Å². The number of hydrogen-bond acceptors (Lipinski definition) is 4. The summed E-state index contributed by atoms with van der Waals surface area (Å²) in [7, 11) is 0. The quantitative estimate of drug-likeness (QED) is 0.741. The molecule has 0 saturated carbocycles. The molecule has 8 heteroatoms. The van der Waals surface area contributed by atoms with E-state index in [9.17, 15) is 14.0 Å². The lowest BCUT2D eigenvalue weighted by molar-refractivity contribution is -0.132. The third-order valence-electron chi connectivity index (χ3n) is 5.71. The molecule has 0 bridgehead atoms. The molecule has 0 aliphatic carbocycles. The molecule has 1 aromatic heterocycles. The van der Waals surface area contributed by atoms with Crippen molar-refractivity contribution in [2.45, 2.75) is 31.2 Å². The van der Waals surface area contributed by atoms with Crippen LogP contribution >= 0.6 is 0 Å². The van der Waals surface area contributed by atoms with Crippen molar-refractivity contribution >= 4 is 11.8 Å². The van der Waals surface area contributed by atoms with Crippen LogP contribution in [0.5, 0.6) is 0 Å². The predicted octanol–water partition coefficient (Wildman–Crippen LogP) is 1.33. The van der Waals surface area contributed by atoms with Gasteiger partial charge in [0.05, 0.1) is 17.6 Å². The first kappa shape index (κ1) is 18.6. The van der Waals surface area contributed by atoms with Crippen molar-refractivity contribution in [1.82, 2.24) is 25.5 Å². The van der Waals surface area contributed by atoms with Gasteiger partial charge < -0.3 is 20.5 Å². The number of likely N-dealkylation sites (tertiary alicyclic amines) is 1. The molecule has 2 aliphatic heterocycles. The molecule has 1 spiro atoms. The third-order valence-corrected chi connectivity index (χ3v) is 5.71. The van der Waals surface area contributed by atoms with Crippen LogP contribution in [0.25, 0.3) is 0 Å². The van der Waals surface area contributed by atoms with Crippen LogP contribution in [0.15, 0.2) is 30.6 Å². The molecular formula is C20H24FN5O2. The monoisotopic (exact) mass is 385 g/mol. The number of amides is 2. The summed E-state index contributed by atoms with van der Waals surface area (Å²) in [6, 6.07) is 5.34. The van der Waals surface area contributed by atoms with Gasteiger partial charge in [0.15, 0.2) is 0 Å². The van der Waals surface area contributed by atoms with Crippen molar-refractivity contribution in [2.75, 3.05) is 26.2 Å². The number of benzene rings is 1. The minimum Gasteiger partial charge on any atom is -0.352 e. The van der Waals surface area contributed by atoms with E-state index in [4.69, 9.17) is 0 Å². The number of rotatable bonds is 4. The maximum atomic E-state index is 12.9. The highest BCUT2D eigenvalue weighted by molar-refractivity contribution is 5.94. The maximum Gasteiger partial charge on any atom is 0.251 e. The van der Waals surface area contributed by atoms with Crippen LogP contribution in [0.1, 0.15) is 41.0 Å². The SMILES string of the molecule is O=C(NCCC(=O)N1CCC2(CC1)NCCc1[nH]cnc12)c1ccc(F)cc1. The number of piperidine rings is 1. The lowest BCUT2D eigenvalue weighted by Crippen LogP contribution is -2.55.